The highest BCUT2D eigenvalue weighted by Gasteiger charge is 2.16. The summed E-state index contributed by atoms with van der Waals surface area (Å²) in [6, 6.07) is 9.95. The maximum atomic E-state index is 5.99. The van der Waals surface area contributed by atoms with Gasteiger partial charge in [-0.3, -0.25) is 0 Å². The van der Waals surface area contributed by atoms with Crippen molar-refractivity contribution >= 4 is 5.82 Å². The van der Waals surface area contributed by atoms with Crippen molar-refractivity contribution in [3.8, 4) is 11.4 Å². The number of nitrogens with two attached hydrogens (primary N) is 1. The number of anilines is 1. The third-order valence-electron chi connectivity index (χ3n) is 3.00. The molecule has 0 saturated heterocycles. The number of hydrogen-bond donors (Lipinski definition) is 2. The molecule has 0 radical (unpaired) electrons. The van der Waals surface area contributed by atoms with Gasteiger partial charge >= 0.3 is 0 Å². The summed E-state index contributed by atoms with van der Waals surface area (Å²) in [4.78, 5) is 9.00. The Morgan fingerprint density at radius 3 is 2.76 bits per heavy atom. The van der Waals surface area contributed by atoms with Crippen LogP contribution < -0.4 is 11.1 Å². The molecule has 4 nitrogen and oxygen atoms in total. The molecule has 3 rings (SSSR count). The Morgan fingerprint density at radius 2 is 1.94 bits per heavy atom. The van der Waals surface area contributed by atoms with Crippen molar-refractivity contribution in [1.29, 1.82) is 0 Å². The van der Waals surface area contributed by atoms with Crippen molar-refractivity contribution in [3.63, 3.8) is 0 Å². The zero-order valence-electron chi connectivity index (χ0n) is 9.48. The predicted octanol–water partition coefficient (Wildman–Crippen LogP) is 1.37. The third-order valence-corrected chi connectivity index (χ3v) is 3.00. The molecule has 1 aliphatic rings. The van der Waals surface area contributed by atoms with E-state index in [4.69, 9.17) is 5.73 Å². The van der Waals surface area contributed by atoms with Gasteiger partial charge in [0.05, 0.1) is 5.69 Å². The highest BCUT2D eigenvalue weighted by molar-refractivity contribution is 5.58. The zero-order valence-corrected chi connectivity index (χ0v) is 9.48. The summed E-state index contributed by atoms with van der Waals surface area (Å²) >= 11 is 0. The van der Waals surface area contributed by atoms with Crippen LogP contribution >= 0.6 is 0 Å². The molecule has 3 N–H and O–H groups in total. The minimum Gasteiger partial charge on any atom is -0.383 e. The van der Waals surface area contributed by atoms with E-state index in [1.807, 2.05) is 30.3 Å². The Kier molecular flexibility index (Phi) is 2.49. The number of nitrogen functional groups attached to an aromatic ring is 1. The van der Waals surface area contributed by atoms with Gasteiger partial charge in [-0.2, -0.15) is 0 Å². The van der Waals surface area contributed by atoms with E-state index < -0.39 is 0 Å². The highest BCUT2D eigenvalue weighted by atomic mass is 15.0. The second-order valence-corrected chi connectivity index (χ2v) is 4.15. The van der Waals surface area contributed by atoms with Crippen LogP contribution in [0.25, 0.3) is 11.4 Å². The molecule has 0 atom stereocenters. The van der Waals surface area contributed by atoms with E-state index in [0.29, 0.717) is 5.82 Å². The largest absolute Gasteiger partial charge is 0.383 e. The average Bonchev–Trinajstić information content (AvgIpc) is 2.40. The van der Waals surface area contributed by atoms with Crippen LogP contribution in [0.1, 0.15) is 11.3 Å². The minimum atomic E-state index is 0.598. The van der Waals surface area contributed by atoms with Crippen molar-refractivity contribution in [2.75, 3.05) is 12.3 Å². The van der Waals surface area contributed by atoms with Gasteiger partial charge in [-0.25, -0.2) is 9.97 Å². The first-order valence-electron chi connectivity index (χ1n) is 5.76. The Balaban J connectivity index is 2.11. The fraction of sp³-hybridized carbons (Fsp3) is 0.231. The topological polar surface area (TPSA) is 63.8 Å². The van der Waals surface area contributed by atoms with Gasteiger partial charge in [-0.05, 0) is 0 Å². The summed E-state index contributed by atoms with van der Waals surface area (Å²) in [7, 11) is 0. The molecule has 1 aliphatic heterocycles. The fourth-order valence-corrected chi connectivity index (χ4v) is 2.09. The van der Waals surface area contributed by atoms with Gasteiger partial charge in [0.1, 0.15) is 5.82 Å². The maximum Gasteiger partial charge on any atom is 0.161 e. The van der Waals surface area contributed by atoms with Crippen molar-refractivity contribution in [2.45, 2.75) is 13.0 Å². The summed E-state index contributed by atoms with van der Waals surface area (Å²) < 4.78 is 0. The summed E-state index contributed by atoms with van der Waals surface area (Å²) in [6.07, 6.45) is 0.919. The maximum absolute atomic E-state index is 5.99. The number of aromatic nitrogens is 2. The molecule has 0 fully saturated rings. The lowest BCUT2D eigenvalue weighted by atomic mass is 10.1. The summed E-state index contributed by atoms with van der Waals surface area (Å²) in [5.41, 5.74) is 9.13. The van der Waals surface area contributed by atoms with Crippen LogP contribution in [-0.4, -0.2) is 16.5 Å². The van der Waals surface area contributed by atoms with Crippen LogP contribution in [0, 0.1) is 0 Å². The van der Waals surface area contributed by atoms with E-state index in [0.717, 1.165) is 42.2 Å². The fourth-order valence-electron chi connectivity index (χ4n) is 2.09. The van der Waals surface area contributed by atoms with Crippen molar-refractivity contribution in [1.82, 2.24) is 15.3 Å². The molecule has 2 aromatic rings. The molecule has 1 aromatic heterocycles. The average molecular weight is 226 g/mol. The molecule has 4 heteroatoms. The number of nitrogens with zero attached hydrogens (tertiary/aromatic N) is 2. The SMILES string of the molecule is Nc1nc(-c2ccccc2)nc2c1CNCC2. The molecule has 2 heterocycles. The van der Waals surface area contributed by atoms with Crippen molar-refractivity contribution in [2.24, 2.45) is 0 Å². The number of rotatable bonds is 1. The Morgan fingerprint density at radius 1 is 1.12 bits per heavy atom. The lowest BCUT2D eigenvalue weighted by Crippen LogP contribution is -2.26. The number of hydrogen-bond acceptors (Lipinski definition) is 4. The second kappa shape index (κ2) is 4.14. The third kappa shape index (κ3) is 1.87. The van der Waals surface area contributed by atoms with E-state index in [9.17, 15) is 0 Å². The molecule has 0 aliphatic carbocycles. The summed E-state index contributed by atoms with van der Waals surface area (Å²) in [5.74, 6) is 1.32. The molecule has 0 amide bonds. The molecular formula is C13H14N4. The predicted molar refractivity (Wildman–Crippen MR) is 67.3 cm³/mol. The molecule has 17 heavy (non-hydrogen) atoms. The zero-order chi connectivity index (χ0) is 11.7. The highest BCUT2D eigenvalue weighted by Crippen LogP contribution is 2.22. The first kappa shape index (κ1) is 10.2. The number of nitrogens with one attached hydrogen (secondary N) is 1. The molecule has 1 aromatic carbocycles. The monoisotopic (exact) mass is 226 g/mol. The van der Waals surface area contributed by atoms with Gasteiger partial charge in [-0.15, -0.1) is 0 Å². The van der Waals surface area contributed by atoms with Crippen LogP contribution in [0.15, 0.2) is 30.3 Å². The van der Waals surface area contributed by atoms with Gasteiger partial charge < -0.3 is 11.1 Å². The lowest BCUT2D eigenvalue weighted by Gasteiger charge is -2.18. The van der Waals surface area contributed by atoms with E-state index in [1.54, 1.807) is 0 Å². The minimum absolute atomic E-state index is 0.598. The van der Waals surface area contributed by atoms with Crippen LogP contribution in [0.5, 0.6) is 0 Å². The van der Waals surface area contributed by atoms with Crippen molar-refractivity contribution in [3.05, 3.63) is 41.6 Å². The lowest BCUT2D eigenvalue weighted by molar-refractivity contribution is 0.629. The van der Waals surface area contributed by atoms with Gasteiger partial charge in [-0.1, -0.05) is 30.3 Å². The molecule has 0 spiro atoms. The smallest absolute Gasteiger partial charge is 0.161 e. The normalized spacial score (nSPS) is 14.4. The summed E-state index contributed by atoms with van der Waals surface area (Å²) in [6.45, 7) is 1.73. The first-order chi connectivity index (χ1) is 8.34. The molecule has 86 valence electrons. The number of fused-ring (bicyclic) bond motifs is 1. The molecule has 0 unspecified atom stereocenters. The molecule has 0 bridgehead atoms. The standard InChI is InChI=1S/C13H14N4/c14-12-10-8-15-7-6-11(10)16-13(17-12)9-4-2-1-3-5-9/h1-5,15H,6-8H2,(H2,14,16,17). The summed E-state index contributed by atoms with van der Waals surface area (Å²) in [5, 5.41) is 3.28. The van der Waals surface area contributed by atoms with Gasteiger partial charge in [0.2, 0.25) is 0 Å². The Labute approximate surface area is 99.9 Å². The van der Waals surface area contributed by atoms with Crippen LogP contribution in [0.2, 0.25) is 0 Å². The van der Waals surface area contributed by atoms with Crippen molar-refractivity contribution < 1.29 is 0 Å². The van der Waals surface area contributed by atoms with Gasteiger partial charge in [0.15, 0.2) is 5.82 Å². The van der Waals surface area contributed by atoms with E-state index in [-0.39, 0.29) is 0 Å². The van der Waals surface area contributed by atoms with Gasteiger partial charge in [0.25, 0.3) is 0 Å². The van der Waals surface area contributed by atoms with Gasteiger partial charge in [0, 0.05) is 30.6 Å². The Bertz CT molecular complexity index is 537. The van der Waals surface area contributed by atoms with E-state index in [2.05, 4.69) is 15.3 Å². The molecule has 0 saturated carbocycles. The molecular weight excluding hydrogens is 212 g/mol. The quantitative estimate of drug-likeness (QED) is 0.771. The second-order valence-electron chi connectivity index (χ2n) is 4.15. The first-order valence-corrected chi connectivity index (χ1v) is 5.76. The Hall–Kier alpha value is -1.94. The van der Waals surface area contributed by atoms with Crippen LogP contribution in [0.3, 0.4) is 0 Å². The number of benzene rings is 1. The van der Waals surface area contributed by atoms with Crippen LogP contribution in [0.4, 0.5) is 5.82 Å². The van der Waals surface area contributed by atoms with E-state index >= 15 is 0 Å². The van der Waals surface area contributed by atoms with Crippen LogP contribution in [-0.2, 0) is 13.0 Å². The van der Waals surface area contributed by atoms with E-state index in [1.165, 1.54) is 0 Å².